The smallest absolute Gasteiger partial charge is 0.227 e. The Morgan fingerprint density at radius 3 is 2.68 bits per heavy atom. The zero-order valence-corrected chi connectivity index (χ0v) is 25.9. The highest BCUT2D eigenvalue weighted by Gasteiger charge is 2.35. The number of aryl methyl sites for hydroxylation is 2. The van der Waals surface area contributed by atoms with Crippen LogP contribution in [0.3, 0.4) is 0 Å². The number of hydrogen-bond donors (Lipinski definition) is 0. The molecule has 0 amide bonds. The molecule has 3 aromatic heterocycles. The van der Waals surface area contributed by atoms with Gasteiger partial charge in [-0.05, 0) is 79.6 Å². The molecule has 2 aliphatic rings. The van der Waals surface area contributed by atoms with E-state index in [2.05, 4.69) is 94.1 Å². The van der Waals surface area contributed by atoms with Crippen LogP contribution in [0, 0.1) is 23.7 Å². The van der Waals surface area contributed by atoms with Crippen molar-refractivity contribution in [3.63, 3.8) is 0 Å². The van der Waals surface area contributed by atoms with E-state index in [0.29, 0.717) is 11.3 Å². The van der Waals surface area contributed by atoms with Gasteiger partial charge < -0.3 is 4.42 Å². The predicted octanol–water partition coefficient (Wildman–Crippen LogP) is 8.65. The maximum atomic E-state index is 9.61. The lowest BCUT2D eigenvalue weighted by Crippen LogP contribution is -2.39. The second-order valence-electron chi connectivity index (χ2n) is 13.5. The minimum absolute atomic E-state index is 0.0428. The van der Waals surface area contributed by atoms with E-state index < -0.39 is 0 Å². The first-order valence-corrected chi connectivity index (χ1v) is 15.4. The number of aromatic nitrogens is 2. The lowest BCUT2D eigenvalue weighted by molar-refractivity contribution is -0.571. The zero-order chi connectivity index (χ0) is 30.7. The number of fused-ring (bicyclic) bond motifs is 9. The number of allylic oxidation sites excluding steroid dienone is 1. The van der Waals surface area contributed by atoms with E-state index >= 15 is 0 Å². The van der Waals surface area contributed by atoms with Crippen LogP contribution >= 0.6 is 0 Å². The summed E-state index contributed by atoms with van der Waals surface area (Å²) in [7, 11) is 0. The maximum Gasteiger partial charge on any atom is 0.227 e. The maximum absolute atomic E-state index is 9.61. The SMILES string of the molecule is C=CC1=NC2CC(=C)[n+]3cc(C)c(CC(C)(C)C)cc3-c3cc4c(nc3CCC2c2ccccc21)oc1ccc(C#N)cc14. The highest BCUT2D eigenvalue weighted by Crippen LogP contribution is 2.40. The average Bonchev–Trinajstić information content (AvgIpc) is 3.36. The highest BCUT2D eigenvalue weighted by molar-refractivity contribution is 6.10. The first-order chi connectivity index (χ1) is 21.1. The van der Waals surface area contributed by atoms with E-state index in [1.165, 1.54) is 16.7 Å². The van der Waals surface area contributed by atoms with Crippen molar-refractivity contribution in [1.29, 1.82) is 5.26 Å². The number of pyridine rings is 2. The number of furan rings is 1. The molecule has 2 aliphatic heterocycles. The van der Waals surface area contributed by atoms with Crippen LogP contribution in [0.25, 0.3) is 39.0 Å². The minimum atomic E-state index is 0.0428. The first-order valence-electron chi connectivity index (χ1n) is 15.4. The Bertz CT molecular complexity index is 2080. The van der Waals surface area contributed by atoms with Crippen molar-refractivity contribution in [3.05, 3.63) is 114 Å². The number of hydrogen-bond acceptors (Lipinski definition) is 4. The van der Waals surface area contributed by atoms with Crippen LogP contribution in [0.2, 0.25) is 0 Å². The molecule has 5 nitrogen and oxygen atoms in total. The normalized spacial score (nSPS) is 18.1. The zero-order valence-electron chi connectivity index (χ0n) is 25.9. The quantitative estimate of drug-likeness (QED) is 0.197. The van der Waals surface area contributed by atoms with Crippen LogP contribution in [0.4, 0.5) is 0 Å². The summed E-state index contributed by atoms with van der Waals surface area (Å²) in [5.74, 6) is 0.217. The van der Waals surface area contributed by atoms with E-state index in [1.807, 2.05) is 18.2 Å². The summed E-state index contributed by atoms with van der Waals surface area (Å²) in [6.07, 6.45) is 7.49. The molecular formula is C39H37N4O+. The summed E-state index contributed by atoms with van der Waals surface area (Å²) >= 11 is 0. The van der Waals surface area contributed by atoms with E-state index in [9.17, 15) is 5.26 Å². The van der Waals surface area contributed by atoms with Crippen molar-refractivity contribution in [1.82, 2.24) is 4.98 Å². The number of benzene rings is 2. The molecule has 0 radical (unpaired) electrons. The molecule has 0 spiro atoms. The van der Waals surface area contributed by atoms with Crippen LogP contribution in [0.15, 0.2) is 89.4 Å². The van der Waals surface area contributed by atoms with Gasteiger partial charge in [-0.2, -0.15) is 9.83 Å². The molecule has 2 aromatic carbocycles. The third-order valence-electron chi connectivity index (χ3n) is 9.14. The Hall–Kier alpha value is -4.82. The molecule has 2 unspecified atom stereocenters. The standard InChI is InChI=1S/C39H37N4O/c1-7-33-28-11-9-8-10-27(28)29-13-14-34-32(19-31-30-17-25(21-40)12-15-37(30)44-38(31)42-34)36-18-26(20-39(4,5)6)23(2)22-43(36)24(3)16-35(29)41-33/h7-12,15,17-19,22,29,35H,1,3,13-14,16,20H2,2,4-6H3/q+1. The molecule has 44 heavy (non-hydrogen) atoms. The molecule has 0 bridgehead atoms. The summed E-state index contributed by atoms with van der Waals surface area (Å²) in [5, 5.41) is 11.4. The van der Waals surface area contributed by atoms with Crippen molar-refractivity contribution < 1.29 is 8.98 Å². The second-order valence-corrected chi connectivity index (χ2v) is 13.5. The number of nitrogens with zero attached hydrogens (tertiary/aromatic N) is 4. The molecule has 2 atom stereocenters. The molecule has 7 rings (SSSR count). The first kappa shape index (κ1) is 28.0. The van der Waals surface area contributed by atoms with Gasteiger partial charge in [-0.3, -0.25) is 4.99 Å². The summed E-state index contributed by atoms with van der Waals surface area (Å²) in [5.41, 5.74) is 12.2. The largest absolute Gasteiger partial charge is 0.438 e. The Kier molecular flexibility index (Phi) is 6.62. The van der Waals surface area contributed by atoms with Crippen LogP contribution in [0.5, 0.6) is 0 Å². The fourth-order valence-corrected chi connectivity index (χ4v) is 7.07. The third kappa shape index (κ3) is 4.75. The van der Waals surface area contributed by atoms with Crippen LogP contribution in [-0.2, 0) is 12.8 Å². The Morgan fingerprint density at radius 1 is 1.09 bits per heavy atom. The number of aliphatic imine (C=N–C) groups is 1. The molecule has 0 saturated carbocycles. The monoisotopic (exact) mass is 577 g/mol. The third-order valence-corrected chi connectivity index (χ3v) is 9.14. The van der Waals surface area contributed by atoms with Crippen molar-refractivity contribution in [3.8, 4) is 17.3 Å². The molecule has 0 fully saturated rings. The van der Waals surface area contributed by atoms with Crippen molar-refractivity contribution >= 4 is 33.5 Å². The molecule has 0 aliphatic carbocycles. The van der Waals surface area contributed by atoms with E-state index in [0.717, 1.165) is 76.0 Å². The summed E-state index contributed by atoms with van der Waals surface area (Å²) in [6, 6.07) is 21.1. The van der Waals surface area contributed by atoms with Gasteiger partial charge in [-0.15, -0.1) is 0 Å². The van der Waals surface area contributed by atoms with Gasteiger partial charge in [-0.1, -0.05) is 51.6 Å². The second kappa shape index (κ2) is 10.4. The van der Waals surface area contributed by atoms with Crippen LogP contribution in [-0.4, -0.2) is 16.7 Å². The van der Waals surface area contributed by atoms with Gasteiger partial charge in [0.2, 0.25) is 11.4 Å². The fourth-order valence-electron chi connectivity index (χ4n) is 7.07. The predicted molar refractivity (Wildman–Crippen MR) is 178 cm³/mol. The number of rotatable bonds is 2. The molecule has 0 N–H and O–H groups in total. The van der Waals surface area contributed by atoms with Gasteiger partial charge in [-0.25, -0.2) is 4.98 Å². The lowest BCUT2D eigenvalue weighted by Gasteiger charge is -2.32. The molecule has 5 aromatic rings. The molecule has 5 heterocycles. The fraction of sp³-hybridized carbons (Fsp3) is 0.282. The lowest BCUT2D eigenvalue weighted by atomic mass is 9.78. The van der Waals surface area contributed by atoms with Gasteiger partial charge in [0.1, 0.15) is 5.58 Å². The van der Waals surface area contributed by atoms with Crippen molar-refractivity contribution in [2.45, 2.75) is 65.3 Å². The minimum Gasteiger partial charge on any atom is -0.438 e. The average molecular weight is 578 g/mol. The van der Waals surface area contributed by atoms with Gasteiger partial charge >= 0.3 is 0 Å². The summed E-state index contributed by atoms with van der Waals surface area (Å²) in [6.45, 7) is 17.8. The Labute approximate surface area is 258 Å². The van der Waals surface area contributed by atoms with Crippen LogP contribution < -0.4 is 4.57 Å². The van der Waals surface area contributed by atoms with Gasteiger partial charge in [0.05, 0.1) is 41.1 Å². The van der Waals surface area contributed by atoms with Crippen molar-refractivity contribution in [2.75, 3.05) is 0 Å². The topological polar surface area (TPSA) is 66.1 Å². The summed E-state index contributed by atoms with van der Waals surface area (Å²) in [4.78, 5) is 10.5. The van der Waals surface area contributed by atoms with Gasteiger partial charge in [0.25, 0.3) is 0 Å². The molecule has 218 valence electrons. The van der Waals surface area contributed by atoms with Crippen molar-refractivity contribution in [2.24, 2.45) is 10.4 Å². The van der Waals surface area contributed by atoms with E-state index in [1.54, 1.807) is 6.07 Å². The Balaban J connectivity index is 1.49. The molecule has 5 heteroatoms. The van der Waals surface area contributed by atoms with Crippen LogP contribution in [0.1, 0.15) is 73.0 Å². The Morgan fingerprint density at radius 2 is 1.91 bits per heavy atom. The molecular weight excluding hydrogens is 540 g/mol. The van der Waals surface area contributed by atoms with E-state index in [-0.39, 0.29) is 17.4 Å². The van der Waals surface area contributed by atoms with Gasteiger partial charge in [0.15, 0.2) is 11.9 Å². The van der Waals surface area contributed by atoms with E-state index in [4.69, 9.17) is 14.4 Å². The summed E-state index contributed by atoms with van der Waals surface area (Å²) < 4.78 is 8.54. The highest BCUT2D eigenvalue weighted by atomic mass is 16.3. The molecule has 0 saturated heterocycles. The van der Waals surface area contributed by atoms with Gasteiger partial charge in [0, 0.05) is 33.9 Å². The number of nitriles is 1.